The number of rotatable bonds is 3. The van der Waals surface area contributed by atoms with Crippen molar-refractivity contribution in [3.63, 3.8) is 0 Å². The molecule has 2 aliphatic heterocycles. The van der Waals surface area contributed by atoms with Crippen LogP contribution in [0.25, 0.3) is 0 Å². The predicted molar refractivity (Wildman–Crippen MR) is 92.4 cm³/mol. The first-order chi connectivity index (χ1) is 12.2. The highest BCUT2D eigenvalue weighted by molar-refractivity contribution is 5.75. The van der Waals surface area contributed by atoms with Crippen LogP contribution < -0.4 is 10.9 Å². The molecule has 4 rings (SSSR count). The van der Waals surface area contributed by atoms with Crippen LogP contribution in [-0.4, -0.2) is 45.9 Å². The Bertz CT molecular complexity index is 696. The number of hydrogen-bond donors (Lipinski definition) is 1. The SMILES string of the molecule is O=C(NC1CCCC1)N1CCCC1Cn1nc2c(cc1=O)COCC2. The predicted octanol–water partition coefficient (Wildman–Crippen LogP) is 1.43. The summed E-state index contributed by atoms with van der Waals surface area (Å²) < 4.78 is 6.92. The molecule has 0 aromatic carbocycles. The van der Waals surface area contributed by atoms with Gasteiger partial charge in [-0.05, 0) is 25.7 Å². The minimum atomic E-state index is -0.104. The fourth-order valence-corrected chi connectivity index (χ4v) is 4.20. The molecule has 1 saturated carbocycles. The molecule has 1 aromatic heterocycles. The summed E-state index contributed by atoms with van der Waals surface area (Å²) in [4.78, 5) is 26.9. The van der Waals surface area contributed by atoms with E-state index in [1.807, 2.05) is 4.90 Å². The van der Waals surface area contributed by atoms with Crippen LogP contribution in [0.5, 0.6) is 0 Å². The molecule has 7 heteroatoms. The van der Waals surface area contributed by atoms with E-state index in [0.717, 1.165) is 49.9 Å². The van der Waals surface area contributed by atoms with Crippen molar-refractivity contribution < 1.29 is 9.53 Å². The second-order valence-electron chi connectivity index (χ2n) is 7.36. The van der Waals surface area contributed by atoms with Crippen molar-refractivity contribution in [1.82, 2.24) is 20.0 Å². The van der Waals surface area contributed by atoms with Gasteiger partial charge < -0.3 is 15.0 Å². The first-order valence-electron chi connectivity index (χ1n) is 9.45. The number of urea groups is 1. The topological polar surface area (TPSA) is 76.5 Å². The van der Waals surface area contributed by atoms with E-state index in [1.54, 1.807) is 6.07 Å². The molecule has 1 saturated heterocycles. The van der Waals surface area contributed by atoms with Crippen molar-refractivity contribution in [3.8, 4) is 0 Å². The average molecular weight is 346 g/mol. The molecule has 2 fully saturated rings. The highest BCUT2D eigenvalue weighted by Crippen LogP contribution is 2.22. The van der Waals surface area contributed by atoms with Crippen LogP contribution in [0.3, 0.4) is 0 Å². The number of hydrogen-bond acceptors (Lipinski definition) is 4. The molecule has 0 spiro atoms. The van der Waals surface area contributed by atoms with Crippen molar-refractivity contribution in [1.29, 1.82) is 0 Å². The molecule has 1 aliphatic carbocycles. The van der Waals surface area contributed by atoms with Gasteiger partial charge >= 0.3 is 6.03 Å². The number of aromatic nitrogens is 2. The number of fused-ring (bicyclic) bond motifs is 1. The molecular formula is C18H26N4O3. The number of likely N-dealkylation sites (tertiary alicyclic amines) is 1. The largest absolute Gasteiger partial charge is 0.376 e. The summed E-state index contributed by atoms with van der Waals surface area (Å²) in [6.45, 7) is 2.36. The van der Waals surface area contributed by atoms with Crippen molar-refractivity contribution in [2.24, 2.45) is 0 Å². The van der Waals surface area contributed by atoms with Gasteiger partial charge in [0, 0.05) is 30.6 Å². The zero-order valence-corrected chi connectivity index (χ0v) is 14.6. The molecule has 1 atom stereocenters. The van der Waals surface area contributed by atoms with Crippen molar-refractivity contribution in [2.75, 3.05) is 13.2 Å². The Kier molecular flexibility index (Phi) is 4.74. The fourth-order valence-electron chi connectivity index (χ4n) is 4.20. The summed E-state index contributed by atoms with van der Waals surface area (Å²) in [5, 5.41) is 7.70. The van der Waals surface area contributed by atoms with Gasteiger partial charge in [0.25, 0.3) is 5.56 Å². The zero-order chi connectivity index (χ0) is 17.2. The van der Waals surface area contributed by atoms with Gasteiger partial charge in [0.15, 0.2) is 0 Å². The number of carbonyl (C=O) groups is 1. The van der Waals surface area contributed by atoms with Gasteiger partial charge in [0.05, 0.1) is 31.5 Å². The highest BCUT2D eigenvalue weighted by atomic mass is 16.5. The minimum Gasteiger partial charge on any atom is -0.376 e. The molecule has 0 bridgehead atoms. The van der Waals surface area contributed by atoms with E-state index in [2.05, 4.69) is 10.4 Å². The summed E-state index contributed by atoms with van der Waals surface area (Å²) in [6, 6.07) is 2.02. The lowest BCUT2D eigenvalue weighted by atomic mass is 10.1. The Morgan fingerprint density at radius 2 is 2.12 bits per heavy atom. The van der Waals surface area contributed by atoms with Crippen LogP contribution in [0.1, 0.15) is 49.8 Å². The molecule has 1 unspecified atom stereocenters. The minimum absolute atomic E-state index is 0.0220. The molecule has 3 aliphatic rings. The lowest BCUT2D eigenvalue weighted by Crippen LogP contribution is -2.48. The van der Waals surface area contributed by atoms with Crippen LogP contribution in [0.2, 0.25) is 0 Å². The smallest absolute Gasteiger partial charge is 0.317 e. The normalized spacial score (nSPS) is 23.7. The fraction of sp³-hybridized carbons (Fsp3) is 0.722. The Morgan fingerprint density at radius 1 is 1.28 bits per heavy atom. The van der Waals surface area contributed by atoms with Crippen LogP contribution in [-0.2, 0) is 24.3 Å². The van der Waals surface area contributed by atoms with Gasteiger partial charge in [-0.25, -0.2) is 9.48 Å². The number of amides is 2. The van der Waals surface area contributed by atoms with E-state index in [0.29, 0.717) is 25.8 Å². The first-order valence-corrected chi connectivity index (χ1v) is 9.45. The van der Waals surface area contributed by atoms with E-state index >= 15 is 0 Å². The van der Waals surface area contributed by atoms with E-state index in [4.69, 9.17) is 4.74 Å². The summed E-state index contributed by atoms with van der Waals surface area (Å²) in [5.74, 6) is 0. The Morgan fingerprint density at radius 3 is 2.96 bits per heavy atom. The van der Waals surface area contributed by atoms with Crippen LogP contribution in [0.4, 0.5) is 4.79 Å². The van der Waals surface area contributed by atoms with Crippen LogP contribution in [0.15, 0.2) is 10.9 Å². The summed E-state index contributed by atoms with van der Waals surface area (Å²) in [5.41, 5.74) is 1.74. The standard InChI is InChI=1S/C18H26N4O3/c23-17-10-13-12-25-9-7-16(13)20-22(17)11-15-6-3-8-21(15)18(24)19-14-4-1-2-5-14/h10,14-15H,1-9,11-12H2,(H,19,24). The maximum absolute atomic E-state index is 12.6. The highest BCUT2D eigenvalue weighted by Gasteiger charge is 2.31. The van der Waals surface area contributed by atoms with Crippen molar-refractivity contribution in [3.05, 3.63) is 27.7 Å². The third-order valence-corrected chi connectivity index (χ3v) is 5.61. The van der Waals surface area contributed by atoms with E-state index < -0.39 is 0 Å². The molecule has 136 valence electrons. The molecule has 0 radical (unpaired) electrons. The maximum Gasteiger partial charge on any atom is 0.317 e. The lowest BCUT2D eigenvalue weighted by molar-refractivity contribution is 0.107. The lowest BCUT2D eigenvalue weighted by Gasteiger charge is -2.27. The monoisotopic (exact) mass is 346 g/mol. The Labute approximate surface area is 147 Å². The Balaban J connectivity index is 1.46. The molecule has 1 aromatic rings. The maximum atomic E-state index is 12.6. The number of carbonyl (C=O) groups excluding carboxylic acids is 1. The van der Waals surface area contributed by atoms with Crippen molar-refractivity contribution >= 4 is 6.03 Å². The quantitative estimate of drug-likeness (QED) is 0.898. The van der Waals surface area contributed by atoms with Crippen LogP contribution >= 0.6 is 0 Å². The second kappa shape index (κ2) is 7.15. The molecular weight excluding hydrogens is 320 g/mol. The van der Waals surface area contributed by atoms with Gasteiger partial charge in [0.2, 0.25) is 0 Å². The van der Waals surface area contributed by atoms with Gasteiger partial charge in [-0.2, -0.15) is 5.10 Å². The third-order valence-electron chi connectivity index (χ3n) is 5.61. The molecule has 7 nitrogen and oxygen atoms in total. The molecule has 1 N–H and O–H groups in total. The van der Waals surface area contributed by atoms with Crippen molar-refractivity contribution in [2.45, 2.75) is 70.2 Å². The van der Waals surface area contributed by atoms with Gasteiger partial charge in [0.1, 0.15) is 0 Å². The molecule has 2 amide bonds. The summed E-state index contributed by atoms with van der Waals surface area (Å²) >= 11 is 0. The van der Waals surface area contributed by atoms with Gasteiger partial charge in [-0.15, -0.1) is 0 Å². The number of nitrogens with one attached hydrogen (secondary N) is 1. The summed E-state index contributed by atoms with van der Waals surface area (Å²) in [6.07, 6.45) is 7.21. The average Bonchev–Trinajstić information content (AvgIpc) is 3.27. The zero-order valence-electron chi connectivity index (χ0n) is 14.6. The first kappa shape index (κ1) is 16.6. The second-order valence-corrected chi connectivity index (χ2v) is 7.36. The van der Waals surface area contributed by atoms with Crippen LogP contribution in [0, 0.1) is 0 Å². The number of nitrogens with zero attached hydrogens (tertiary/aromatic N) is 3. The molecule has 25 heavy (non-hydrogen) atoms. The summed E-state index contributed by atoms with van der Waals surface area (Å²) in [7, 11) is 0. The Hall–Kier alpha value is -1.89. The van der Waals surface area contributed by atoms with Gasteiger partial charge in [-0.3, -0.25) is 4.79 Å². The molecule has 3 heterocycles. The van der Waals surface area contributed by atoms with E-state index in [9.17, 15) is 9.59 Å². The third kappa shape index (κ3) is 3.56. The van der Waals surface area contributed by atoms with E-state index in [-0.39, 0.29) is 17.6 Å². The van der Waals surface area contributed by atoms with E-state index in [1.165, 1.54) is 17.5 Å². The van der Waals surface area contributed by atoms with Gasteiger partial charge in [-0.1, -0.05) is 12.8 Å². The number of ether oxygens (including phenoxy) is 1.